The van der Waals surface area contributed by atoms with Crippen molar-refractivity contribution in [3.63, 3.8) is 0 Å². The molecule has 0 saturated heterocycles. The van der Waals surface area contributed by atoms with Crippen molar-refractivity contribution in [2.45, 2.75) is 11.8 Å². The summed E-state index contributed by atoms with van der Waals surface area (Å²) >= 11 is 13.3. The number of aryl methyl sites for hydroxylation is 1. The second-order valence-electron chi connectivity index (χ2n) is 4.35. The Labute approximate surface area is 136 Å². The van der Waals surface area contributed by atoms with Crippen molar-refractivity contribution in [2.75, 3.05) is 11.1 Å². The van der Waals surface area contributed by atoms with Crippen LogP contribution in [0.1, 0.15) is 5.56 Å². The van der Waals surface area contributed by atoms with E-state index in [1.54, 1.807) is 31.2 Å². The molecular formula is C15H12Cl2FNOS. The topological polar surface area (TPSA) is 29.1 Å². The van der Waals surface area contributed by atoms with Crippen molar-refractivity contribution in [1.82, 2.24) is 0 Å². The van der Waals surface area contributed by atoms with Crippen LogP contribution in [0.4, 0.5) is 10.1 Å². The highest BCUT2D eigenvalue weighted by Gasteiger charge is 2.10. The number of amides is 1. The summed E-state index contributed by atoms with van der Waals surface area (Å²) in [6, 6.07) is 9.42. The normalized spacial score (nSPS) is 10.5. The van der Waals surface area contributed by atoms with E-state index in [0.717, 1.165) is 5.56 Å². The molecule has 2 aromatic rings. The lowest BCUT2D eigenvalue weighted by Gasteiger charge is -2.09. The van der Waals surface area contributed by atoms with E-state index in [1.807, 2.05) is 0 Å². The van der Waals surface area contributed by atoms with Gasteiger partial charge in [-0.25, -0.2) is 4.39 Å². The van der Waals surface area contributed by atoms with Crippen molar-refractivity contribution >= 4 is 46.6 Å². The zero-order valence-corrected chi connectivity index (χ0v) is 13.4. The van der Waals surface area contributed by atoms with Gasteiger partial charge in [-0.15, -0.1) is 11.8 Å². The second kappa shape index (κ2) is 7.16. The first-order valence-corrected chi connectivity index (χ1v) is 7.84. The SMILES string of the molecule is Cc1ccc(F)cc1NC(=O)CSc1c(Cl)cccc1Cl. The molecule has 1 amide bonds. The largest absolute Gasteiger partial charge is 0.325 e. The summed E-state index contributed by atoms with van der Waals surface area (Å²) in [5.41, 5.74) is 1.26. The lowest BCUT2D eigenvalue weighted by atomic mass is 10.2. The number of nitrogens with one attached hydrogen (secondary N) is 1. The Kier molecular flexibility index (Phi) is 5.51. The molecule has 2 nitrogen and oxygen atoms in total. The molecule has 2 rings (SSSR count). The first-order chi connectivity index (χ1) is 9.97. The summed E-state index contributed by atoms with van der Waals surface area (Å²) in [6.45, 7) is 1.80. The van der Waals surface area contributed by atoms with Crippen molar-refractivity contribution in [3.8, 4) is 0 Å². The molecule has 1 N–H and O–H groups in total. The minimum atomic E-state index is -0.391. The average Bonchev–Trinajstić information content (AvgIpc) is 2.42. The van der Waals surface area contributed by atoms with Gasteiger partial charge in [0.05, 0.1) is 15.8 Å². The van der Waals surface area contributed by atoms with Crippen LogP contribution in [0.25, 0.3) is 0 Å². The molecule has 0 aromatic heterocycles. The number of carbonyl (C=O) groups is 1. The molecule has 0 fully saturated rings. The molecule has 0 aliphatic rings. The number of hydrogen-bond donors (Lipinski definition) is 1. The highest BCUT2D eigenvalue weighted by Crippen LogP contribution is 2.33. The maximum Gasteiger partial charge on any atom is 0.234 e. The molecule has 0 saturated carbocycles. The average molecular weight is 344 g/mol. The van der Waals surface area contributed by atoms with Gasteiger partial charge in [0.15, 0.2) is 0 Å². The fourth-order valence-electron chi connectivity index (χ4n) is 1.67. The van der Waals surface area contributed by atoms with Crippen LogP contribution in [-0.2, 0) is 4.79 Å². The van der Waals surface area contributed by atoms with E-state index in [4.69, 9.17) is 23.2 Å². The molecule has 6 heteroatoms. The van der Waals surface area contributed by atoms with Gasteiger partial charge in [-0.2, -0.15) is 0 Å². The number of anilines is 1. The number of benzene rings is 2. The summed E-state index contributed by atoms with van der Waals surface area (Å²) in [6.07, 6.45) is 0. The maximum atomic E-state index is 13.2. The lowest BCUT2D eigenvalue weighted by molar-refractivity contribution is -0.113. The van der Waals surface area contributed by atoms with Gasteiger partial charge in [-0.1, -0.05) is 35.3 Å². The van der Waals surface area contributed by atoms with Crippen molar-refractivity contribution in [1.29, 1.82) is 0 Å². The third kappa shape index (κ3) is 4.37. The zero-order chi connectivity index (χ0) is 15.4. The molecule has 0 unspecified atom stereocenters. The van der Waals surface area contributed by atoms with Crippen molar-refractivity contribution in [2.24, 2.45) is 0 Å². The van der Waals surface area contributed by atoms with Crippen LogP contribution in [0.3, 0.4) is 0 Å². The summed E-state index contributed by atoms with van der Waals surface area (Å²) < 4.78 is 13.2. The van der Waals surface area contributed by atoms with Crippen LogP contribution in [-0.4, -0.2) is 11.7 Å². The molecule has 21 heavy (non-hydrogen) atoms. The number of rotatable bonds is 4. The van der Waals surface area contributed by atoms with E-state index in [9.17, 15) is 9.18 Å². The van der Waals surface area contributed by atoms with Gasteiger partial charge < -0.3 is 5.32 Å². The van der Waals surface area contributed by atoms with Crippen LogP contribution in [0.2, 0.25) is 10.0 Å². The predicted octanol–water partition coefficient (Wildman–Crippen LogP) is 5.17. The Balaban J connectivity index is 2.01. The second-order valence-corrected chi connectivity index (χ2v) is 6.15. The fraction of sp³-hybridized carbons (Fsp3) is 0.133. The number of halogens is 3. The van der Waals surface area contributed by atoms with Gasteiger partial charge >= 0.3 is 0 Å². The van der Waals surface area contributed by atoms with E-state index in [2.05, 4.69) is 5.32 Å². The van der Waals surface area contributed by atoms with Crippen LogP contribution in [0.15, 0.2) is 41.3 Å². The molecule has 0 bridgehead atoms. The summed E-state index contributed by atoms with van der Waals surface area (Å²) in [4.78, 5) is 12.6. The first-order valence-electron chi connectivity index (χ1n) is 6.10. The summed E-state index contributed by atoms with van der Waals surface area (Å²) in [5.74, 6) is -0.498. The molecular weight excluding hydrogens is 332 g/mol. The Morgan fingerprint density at radius 2 is 1.90 bits per heavy atom. The molecule has 0 aliphatic heterocycles. The molecule has 2 aromatic carbocycles. The summed E-state index contributed by atoms with van der Waals surface area (Å²) in [7, 11) is 0. The van der Waals surface area contributed by atoms with Gasteiger partial charge in [-0.3, -0.25) is 4.79 Å². The minimum Gasteiger partial charge on any atom is -0.325 e. The van der Waals surface area contributed by atoms with E-state index < -0.39 is 5.82 Å². The van der Waals surface area contributed by atoms with E-state index in [0.29, 0.717) is 20.6 Å². The first kappa shape index (κ1) is 16.1. The zero-order valence-electron chi connectivity index (χ0n) is 11.1. The molecule has 0 radical (unpaired) electrons. The van der Waals surface area contributed by atoms with Gasteiger partial charge in [-0.05, 0) is 36.8 Å². The lowest BCUT2D eigenvalue weighted by Crippen LogP contribution is -2.15. The Morgan fingerprint density at radius 3 is 2.57 bits per heavy atom. The minimum absolute atomic E-state index is 0.138. The van der Waals surface area contributed by atoms with Gasteiger partial charge in [0, 0.05) is 10.6 Å². The van der Waals surface area contributed by atoms with E-state index in [-0.39, 0.29) is 11.7 Å². The molecule has 0 spiro atoms. The van der Waals surface area contributed by atoms with Gasteiger partial charge in [0.1, 0.15) is 5.82 Å². The number of thioether (sulfide) groups is 1. The van der Waals surface area contributed by atoms with Crippen molar-refractivity contribution in [3.05, 3.63) is 57.8 Å². The molecule has 110 valence electrons. The third-order valence-corrected chi connectivity index (χ3v) is 4.73. The van der Waals surface area contributed by atoms with Crippen LogP contribution >= 0.6 is 35.0 Å². The monoisotopic (exact) mass is 343 g/mol. The highest BCUT2D eigenvalue weighted by molar-refractivity contribution is 8.00. The van der Waals surface area contributed by atoms with E-state index >= 15 is 0 Å². The number of hydrogen-bond acceptors (Lipinski definition) is 2. The standard InChI is InChI=1S/C15H12Cl2FNOS/c1-9-5-6-10(18)7-13(9)19-14(20)8-21-15-11(16)3-2-4-12(15)17/h2-7H,8H2,1H3,(H,19,20). The van der Waals surface area contributed by atoms with Crippen LogP contribution in [0, 0.1) is 12.7 Å². The van der Waals surface area contributed by atoms with Crippen LogP contribution in [0.5, 0.6) is 0 Å². The maximum absolute atomic E-state index is 13.2. The summed E-state index contributed by atoms with van der Waals surface area (Å²) in [5, 5.41) is 3.68. The molecule has 0 atom stereocenters. The third-order valence-electron chi connectivity index (χ3n) is 2.74. The Bertz CT molecular complexity index is 658. The predicted molar refractivity (Wildman–Crippen MR) is 87.0 cm³/mol. The fourth-order valence-corrected chi connectivity index (χ4v) is 3.16. The van der Waals surface area contributed by atoms with E-state index in [1.165, 1.54) is 23.9 Å². The molecule has 0 heterocycles. The van der Waals surface area contributed by atoms with Crippen molar-refractivity contribution < 1.29 is 9.18 Å². The quantitative estimate of drug-likeness (QED) is 0.775. The highest BCUT2D eigenvalue weighted by atomic mass is 35.5. The van der Waals surface area contributed by atoms with Crippen LogP contribution < -0.4 is 5.32 Å². The molecule has 0 aliphatic carbocycles. The smallest absolute Gasteiger partial charge is 0.234 e. The number of carbonyl (C=O) groups excluding carboxylic acids is 1. The van der Waals surface area contributed by atoms with Gasteiger partial charge in [0.2, 0.25) is 5.91 Å². The van der Waals surface area contributed by atoms with Gasteiger partial charge in [0.25, 0.3) is 0 Å². The Morgan fingerprint density at radius 1 is 1.24 bits per heavy atom. The Hall–Kier alpha value is -1.23.